The molecule has 1 aliphatic rings. The summed E-state index contributed by atoms with van der Waals surface area (Å²) in [7, 11) is 0. The molecule has 4 nitrogen and oxygen atoms in total. The van der Waals surface area contributed by atoms with Crippen LogP contribution in [0.1, 0.15) is 36.6 Å². The molecular formula is C16H18F2N4. The fourth-order valence-electron chi connectivity index (χ4n) is 2.97. The normalized spacial score (nSPS) is 19.3. The molecule has 1 saturated heterocycles. The third-order valence-corrected chi connectivity index (χ3v) is 4.03. The van der Waals surface area contributed by atoms with Gasteiger partial charge in [0.25, 0.3) is 0 Å². The first-order valence-electron chi connectivity index (χ1n) is 7.40. The van der Waals surface area contributed by atoms with Crippen molar-refractivity contribution in [3.63, 3.8) is 0 Å². The molecule has 1 fully saturated rings. The Bertz CT molecular complexity index is 662. The van der Waals surface area contributed by atoms with Crippen LogP contribution in [-0.2, 0) is 6.54 Å². The third-order valence-electron chi connectivity index (χ3n) is 4.03. The van der Waals surface area contributed by atoms with Gasteiger partial charge in [0.1, 0.15) is 11.6 Å². The monoisotopic (exact) mass is 304 g/mol. The molecule has 3 rings (SSSR count). The molecule has 1 aromatic heterocycles. The van der Waals surface area contributed by atoms with Crippen molar-refractivity contribution in [2.45, 2.75) is 31.8 Å². The van der Waals surface area contributed by atoms with Gasteiger partial charge in [-0.1, -0.05) is 6.42 Å². The Hall–Kier alpha value is -2.08. The highest BCUT2D eigenvalue weighted by atomic mass is 19.1. The van der Waals surface area contributed by atoms with Crippen molar-refractivity contribution in [1.29, 1.82) is 0 Å². The SMILES string of the molecule is Nc1nccc(C2CCCCN2Cc2cc(F)ccc2F)n1. The van der Waals surface area contributed by atoms with Crippen molar-refractivity contribution >= 4 is 5.95 Å². The highest BCUT2D eigenvalue weighted by molar-refractivity contribution is 5.22. The summed E-state index contributed by atoms with van der Waals surface area (Å²) in [6.07, 6.45) is 4.67. The summed E-state index contributed by atoms with van der Waals surface area (Å²) in [6.45, 7) is 1.18. The number of hydrogen-bond acceptors (Lipinski definition) is 4. The first kappa shape index (κ1) is 14.8. The number of aromatic nitrogens is 2. The van der Waals surface area contributed by atoms with Crippen molar-refractivity contribution < 1.29 is 8.78 Å². The van der Waals surface area contributed by atoms with Gasteiger partial charge in [0.05, 0.1) is 11.7 Å². The van der Waals surface area contributed by atoms with Gasteiger partial charge in [0, 0.05) is 18.3 Å². The average molecular weight is 304 g/mol. The van der Waals surface area contributed by atoms with Crippen molar-refractivity contribution in [2.75, 3.05) is 12.3 Å². The smallest absolute Gasteiger partial charge is 0.220 e. The Morgan fingerprint density at radius 1 is 1.23 bits per heavy atom. The number of anilines is 1. The van der Waals surface area contributed by atoms with Crippen LogP contribution < -0.4 is 5.73 Å². The van der Waals surface area contributed by atoms with E-state index in [0.29, 0.717) is 12.1 Å². The molecule has 2 N–H and O–H groups in total. The molecule has 6 heteroatoms. The highest BCUT2D eigenvalue weighted by Gasteiger charge is 2.26. The second-order valence-electron chi connectivity index (χ2n) is 5.56. The lowest BCUT2D eigenvalue weighted by molar-refractivity contribution is 0.135. The van der Waals surface area contributed by atoms with Crippen molar-refractivity contribution in [3.05, 3.63) is 53.4 Å². The van der Waals surface area contributed by atoms with Gasteiger partial charge in [-0.25, -0.2) is 18.7 Å². The zero-order valence-corrected chi connectivity index (χ0v) is 12.2. The van der Waals surface area contributed by atoms with Crippen molar-refractivity contribution in [3.8, 4) is 0 Å². The van der Waals surface area contributed by atoms with Gasteiger partial charge in [-0.2, -0.15) is 0 Å². The Balaban J connectivity index is 1.85. The summed E-state index contributed by atoms with van der Waals surface area (Å²) in [4.78, 5) is 10.3. The summed E-state index contributed by atoms with van der Waals surface area (Å²) in [5, 5.41) is 0. The number of halogens is 2. The van der Waals surface area contributed by atoms with E-state index in [4.69, 9.17) is 5.73 Å². The van der Waals surface area contributed by atoms with E-state index in [0.717, 1.165) is 37.6 Å². The van der Waals surface area contributed by atoms with Crippen LogP contribution in [0.3, 0.4) is 0 Å². The maximum absolute atomic E-state index is 13.9. The molecule has 0 saturated carbocycles. The molecule has 22 heavy (non-hydrogen) atoms. The summed E-state index contributed by atoms with van der Waals surface area (Å²) in [5.41, 5.74) is 6.86. The summed E-state index contributed by atoms with van der Waals surface area (Å²) in [5.74, 6) is -0.566. The molecule has 2 aromatic rings. The van der Waals surface area contributed by atoms with Gasteiger partial charge in [0.2, 0.25) is 5.95 Å². The molecule has 1 unspecified atom stereocenters. The fraction of sp³-hybridized carbons (Fsp3) is 0.375. The van der Waals surface area contributed by atoms with Crippen LogP contribution in [-0.4, -0.2) is 21.4 Å². The lowest BCUT2D eigenvalue weighted by Crippen LogP contribution is -2.33. The minimum Gasteiger partial charge on any atom is -0.368 e. The first-order chi connectivity index (χ1) is 10.6. The van der Waals surface area contributed by atoms with Gasteiger partial charge in [0.15, 0.2) is 0 Å². The fourth-order valence-corrected chi connectivity index (χ4v) is 2.97. The molecule has 0 radical (unpaired) electrons. The molecular weight excluding hydrogens is 286 g/mol. The number of rotatable bonds is 3. The van der Waals surface area contributed by atoms with Gasteiger partial charge < -0.3 is 5.73 Å². The van der Waals surface area contributed by atoms with E-state index in [2.05, 4.69) is 14.9 Å². The molecule has 2 heterocycles. The van der Waals surface area contributed by atoms with E-state index >= 15 is 0 Å². The summed E-state index contributed by atoms with van der Waals surface area (Å²) >= 11 is 0. The zero-order chi connectivity index (χ0) is 15.5. The minimum atomic E-state index is -0.420. The van der Waals surface area contributed by atoms with E-state index in [9.17, 15) is 8.78 Å². The van der Waals surface area contributed by atoms with Crippen LogP contribution in [0.15, 0.2) is 30.5 Å². The van der Waals surface area contributed by atoms with Crippen LogP contribution in [0.5, 0.6) is 0 Å². The second-order valence-corrected chi connectivity index (χ2v) is 5.56. The number of benzene rings is 1. The molecule has 0 amide bonds. The van der Waals surface area contributed by atoms with Gasteiger partial charge >= 0.3 is 0 Å². The summed E-state index contributed by atoms with van der Waals surface area (Å²) in [6, 6.07) is 5.46. The largest absolute Gasteiger partial charge is 0.368 e. The molecule has 0 aliphatic carbocycles. The zero-order valence-electron chi connectivity index (χ0n) is 12.2. The van der Waals surface area contributed by atoms with Gasteiger partial charge in [-0.05, 0) is 43.7 Å². The standard InChI is InChI=1S/C16H18F2N4/c17-12-4-5-13(18)11(9-12)10-22-8-2-1-3-15(22)14-6-7-20-16(19)21-14/h4-7,9,15H,1-3,8,10H2,(H2,19,20,21). The number of likely N-dealkylation sites (tertiary alicyclic amines) is 1. The van der Waals surface area contributed by atoms with Crippen molar-refractivity contribution in [2.24, 2.45) is 0 Å². The predicted molar refractivity (Wildman–Crippen MR) is 79.8 cm³/mol. The van der Waals surface area contributed by atoms with E-state index in [1.165, 1.54) is 12.1 Å². The first-order valence-corrected chi connectivity index (χ1v) is 7.40. The quantitative estimate of drug-likeness (QED) is 0.947. The molecule has 0 spiro atoms. The van der Waals surface area contributed by atoms with Crippen LogP contribution >= 0.6 is 0 Å². The van der Waals surface area contributed by atoms with Crippen molar-refractivity contribution in [1.82, 2.24) is 14.9 Å². The lowest BCUT2D eigenvalue weighted by Gasteiger charge is -2.35. The molecule has 1 aliphatic heterocycles. The van der Waals surface area contributed by atoms with E-state index < -0.39 is 5.82 Å². The number of piperidine rings is 1. The second kappa shape index (κ2) is 6.36. The van der Waals surface area contributed by atoms with E-state index in [1.807, 2.05) is 6.07 Å². The highest BCUT2D eigenvalue weighted by Crippen LogP contribution is 2.31. The average Bonchev–Trinajstić information content (AvgIpc) is 2.51. The van der Waals surface area contributed by atoms with E-state index in [1.54, 1.807) is 6.20 Å². The number of hydrogen-bond donors (Lipinski definition) is 1. The maximum Gasteiger partial charge on any atom is 0.220 e. The molecule has 0 bridgehead atoms. The Kier molecular flexibility index (Phi) is 4.29. The number of nitrogens with two attached hydrogens (primary N) is 1. The van der Waals surface area contributed by atoms with Crippen LogP contribution in [0, 0.1) is 11.6 Å². The molecule has 116 valence electrons. The lowest BCUT2D eigenvalue weighted by atomic mass is 9.98. The van der Waals surface area contributed by atoms with Gasteiger partial charge in [-0.15, -0.1) is 0 Å². The molecule has 1 atom stereocenters. The Morgan fingerprint density at radius 3 is 2.91 bits per heavy atom. The van der Waals surface area contributed by atoms with Crippen LogP contribution in [0.2, 0.25) is 0 Å². The van der Waals surface area contributed by atoms with Crippen LogP contribution in [0.4, 0.5) is 14.7 Å². The molecule has 1 aromatic carbocycles. The maximum atomic E-state index is 13.9. The topological polar surface area (TPSA) is 55.0 Å². The Morgan fingerprint density at radius 2 is 2.09 bits per heavy atom. The Labute approximate surface area is 128 Å². The van der Waals surface area contributed by atoms with E-state index in [-0.39, 0.29) is 17.8 Å². The summed E-state index contributed by atoms with van der Waals surface area (Å²) < 4.78 is 27.2. The van der Waals surface area contributed by atoms with Gasteiger partial charge in [-0.3, -0.25) is 4.90 Å². The minimum absolute atomic E-state index is 0.0571. The number of nitrogens with zero attached hydrogens (tertiary/aromatic N) is 3. The third kappa shape index (κ3) is 3.22. The predicted octanol–water partition coefficient (Wildman–Crippen LogP) is 3.06. The number of nitrogen functional groups attached to an aromatic ring is 1. The van der Waals surface area contributed by atoms with Crippen LogP contribution in [0.25, 0.3) is 0 Å².